The summed E-state index contributed by atoms with van der Waals surface area (Å²) in [4.78, 5) is 13.3. The summed E-state index contributed by atoms with van der Waals surface area (Å²) >= 11 is 0. The minimum atomic E-state index is 0.0561. The summed E-state index contributed by atoms with van der Waals surface area (Å²) in [5.74, 6) is 0. The van der Waals surface area contributed by atoms with Gasteiger partial charge in [-0.25, -0.2) is 4.79 Å². The molecule has 0 aromatic rings. The van der Waals surface area contributed by atoms with Crippen LogP contribution in [-0.2, 0) is 0 Å². The lowest BCUT2D eigenvalue weighted by molar-refractivity contribution is 0.197. The maximum absolute atomic E-state index is 11.6. The molecule has 3 heteroatoms. The fraction of sp³-hybridized carbons (Fsp3) is 0.900. The predicted molar refractivity (Wildman–Crippen MR) is 53.7 cm³/mol. The second kappa shape index (κ2) is 3.99. The van der Waals surface area contributed by atoms with Gasteiger partial charge in [0, 0.05) is 19.1 Å². The lowest BCUT2D eigenvalue weighted by Gasteiger charge is -2.28. The molecule has 1 aliphatic rings. The van der Waals surface area contributed by atoms with E-state index in [0.717, 1.165) is 19.4 Å². The topological polar surface area (TPSA) is 32.3 Å². The van der Waals surface area contributed by atoms with Crippen LogP contribution < -0.4 is 5.32 Å². The first kappa shape index (κ1) is 10.4. The van der Waals surface area contributed by atoms with Crippen LogP contribution in [0, 0.1) is 0 Å². The summed E-state index contributed by atoms with van der Waals surface area (Å²) in [5.41, 5.74) is 0.0561. The number of carbonyl (C=O) groups is 1. The Bertz CT molecular complexity index is 185. The zero-order chi connectivity index (χ0) is 9.90. The molecular weight excluding hydrogens is 164 g/mol. The van der Waals surface area contributed by atoms with E-state index in [9.17, 15) is 4.79 Å². The SMILES string of the molecule is CCN(C)C(=O)NC1(C)CCCC1. The van der Waals surface area contributed by atoms with E-state index < -0.39 is 0 Å². The second-order valence-corrected chi connectivity index (χ2v) is 4.21. The molecular formula is C10H20N2O. The fourth-order valence-corrected chi connectivity index (χ4v) is 1.78. The Morgan fingerprint density at radius 1 is 1.46 bits per heavy atom. The van der Waals surface area contributed by atoms with Crippen molar-refractivity contribution in [3.05, 3.63) is 0 Å². The minimum Gasteiger partial charge on any atom is -0.333 e. The van der Waals surface area contributed by atoms with E-state index in [1.54, 1.807) is 4.90 Å². The number of rotatable bonds is 2. The fourth-order valence-electron chi connectivity index (χ4n) is 1.78. The highest BCUT2D eigenvalue weighted by atomic mass is 16.2. The largest absolute Gasteiger partial charge is 0.333 e. The van der Waals surface area contributed by atoms with Crippen LogP contribution in [0.25, 0.3) is 0 Å². The van der Waals surface area contributed by atoms with Gasteiger partial charge in [0.25, 0.3) is 0 Å². The second-order valence-electron chi connectivity index (χ2n) is 4.21. The average molecular weight is 184 g/mol. The highest BCUT2D eigenvalue weighted by Crippen LogP contribution is 2.28. The van der Waals surface area contributed by atoms with Gasteiger partial charge in [0.2, 0.25) is 0 Å². The van der Waals surface area contributed by atoms with Crippen molar-refractivity contribution in [2.24, 2.45) is 0 Å². The molecule has 0 aliphatic heterocycles. The number of hydrogen-bond donors (Lipinski definition) is 1. The van der Waals surface area contributed by atoms with Gasteiger partial charge < -0.3 is 10.2 Å². The first-order chi connectivity index (χ1) is 6.07. The molecule has 1 aliphatic carbocycles. The lowest BCUT2D eigenvalue weighted by atomic mass is 10.0. The maximum atomic E-state index is 11.6. The van der Waals surface area contributed by atoms with E-state index in [0.29, 0.717) is 0 Å². The van der Waals surface area contributed by atoms with E-state index >= 15 is 0 Å². The quantitative estimate of drug-likeness (QED) is 0.699. The molecule has 13 heavy (non-hydrogen) atoms. The molecule has 0 spiro atoms. The van der Waals surface area contributed by atoms with E-state index in [-0.39, 0.29) is 11.6 Å². The Hall–Kier alpha value is -0.730. The van der Waals surface area contributed by atoms with Crippen LogP contribution in [0.15, 0.2) is 0 Å². The van der Waals surface area contributed by atoms with Crippen molar-refractivity contribution >= 4 is 6.03 Å². The monoisotopic (exact) mass is 184 g/mol. The molecule has 2 amide bonds. The minimum absolute atomic E-state index is 0.0561. The van der Waals surface area contributed by atoms with Crippen LogP contribution in [0.1, 0.15) is 39.5 Å². The van der Waals surface area contributed by atoms with Crippen molar-refractivity contribution in [1.82, 2.24) is 10.2 Å². The third-order valence-electron chi connectivity index (χ3n) is 2.94. The lowest BCUT2D eigenvalue weighted by Crippen LogP contribution is -2.49. The molecule has 0 heterocycles. The summed E-state index contributed by atoms with van der Waals surface area (Å²) in [7, 11) is 1.83. The highest BCUT2D eigenvalue weighted by molar-refractivity contribution is 5.74. The molecule has 0 aromatic heterocycles. The summed E-state index contributed by atoms with van der Waals surface area (Å²) in [6.07, 6.45) is 4.73. The smallest absolute Gasteiger partial charge is 0.317 e. The van der Waals surface area contributed by atoms with E-state index in [1.807, 2.05) is 14.0 Å². The van der Waals surface area contributed by atoms with E-state index in [1.165, 1.54) is 12.8 Å². The number of urea groups is 1. The van der Waals surface area contributed by atoms with Gasteiger partial charge >= 0.3 is 6.03 Å². The van der Waals surface area contributed by atoms with Crippen LogP contribution in [0.3, 0.4) is 0 Å². The Morgan fingerprint density at radius 2 is 2.00 bits per heavy atom. The molecule has 0 unspecified atom stereocenters. The number of carbonyl (C=O) groups excluding carboxylic acids is 1. The molecule has 0 bridgehead atoms. The molecule has 76 valence electrons. The summed E-state index contributed by atoms with van der Waals surface area (Å²) in [5, 5.41) is 3.09. The number of nitrogens with one attached hydrogen (secondary N) is 1. The third-order valence-corrected chi connectivity index (χ3v) is 2.94. The normalized spacial score (nSPS) is 19.9. The van der Waals surface area contributed by atoms with Crippen molar-refractivity contribution in [2.75, 3.05) is 13.6 Å². The van der Waals surface area contributed by atoms with Crippen LogP contribution in [0.5, 0.6) is 0 Å². The van der Waals surface area contributed by atoms with Gasteiger partial charge in [-0.05, 0) is 26.7 Å². The summed E-state index contributed by atoms with van der Waals surface area (Å²) < 4.78 is 0. The van der Waals surface area contributed by atoms with Crippen molar-refractivity contribution in [3.8, 4) is 0 Å². The van der Waals surface area contributed by atoms with Crippen LogP contribution in [0.2, 0.25) is 0 Å². The summed E-state index contributed by atoms with van der Waals surface area (Å²) in [6, 6.07) is 0.0619. The number of amides is 2. The van der Waals surface area contributed by atoms with Crippen LogP contribution in [-0.4, -0.2) is 30.1 Å². The summed E-state index contributed by atoms with van der Waals surface area (Å²) in [6.45, 7) is 4.89. The Labute approximate surface area is 80.5 Å². The highest BCUT2D eigenvalue weighted by Gasteiger charge is 2.30. The predicted octanol–water partition coefficient (Wildman–Crippen LogP) is 1.98. The van der Waals surface area contributed by atoms with Crippen molar-refractivity contribution in [1.29, 1.82) is 0 Å². The average Bonchev–Trinajstić information content (AvgIpc) is 2.50. The Kier molecular flexibility index (Phi) is 3.17. The molecule has 1 rings (SSSR count). The molecule has 3 nitrogen and oxygen atoms in total. The molecule has 0 radical (unpaired) electrons. The molecule has 0 saturated heterocycles. The molecule has 0 atom stereocenters. The van der Waals surface area contributed by atoms with Gasteiger partial charge in [0.1, 0.15) is 0 Å². The Morgan fingerprint density at radius 3 is 2.46 bits per heavy atom. The van der Waals surface area contributed by atoms with Crippen LogP contribution in [0.4, 0.5) is 4.79 Å². The van der Waals surface area contributed by atoms with Gasteiger partial charge in [-0.15, -0.1) is 0 Å². The number of nitrogens with zero attached hydrogens (tertiary/aromatic N) is 1. The van der Waals surface area contributed by atoms with Crippen molar-refractivity contribution in [3.63, 3.8) is 0 Å². The standard InChI is InChI=1S/C10H20N2O/c1-4-12(3)9(13)11-10(2)7-5-6-8-10/h4-8H2,1-3H3,(H,11,13). The molecule has 0 aromatic carbocycles. The van der Waals surface area contributed by atoms with Crippen molar-refractivity contribution in [2.45, 2.75) is 45.1 Å². The van der Waals surface area contributed by atoms with E-state index in [4.69, 9.17) is 0 Å². The Balaban J connectivity index is 2.43. The maximum Gasteiger partial charge on any atom is 0.317 e. The van der Waals surface area contributed by atoms with Gasteiger partial charge in [-0.3, -0.25) is 0 Å². The van der Waals surface area contributed by atoms with Crippen molar-refractivity contribution < 1.29 is 4.79 Å². The zero-order valence-corrected chi connectivity index (χ0v) is 8.89. The van der Waals surface area contributed by atoms with Gasteiger partial charge in [0.15, 0.2) is 0 Å². The van der Waals surface area contributed by atoms with Gasteiger partial charge in [0.05, 0.1) is 0 Å². The van der Waals surface area contributed by atoms with Crippen LogP contribution >= 0.6 is 0 Å². The zero-order valence-electron chi connectivity index (χ0n) is 8.89. The first-order valence-corrected chi connectivity index (χ1v) is 5.11. The van der Waals surface area contributed by atoms with E-state index in [2.05, 4.69) is 12.2 Å². The third kappa shape index (κ3) is 2.61. The first-order valence-electron chi connectivity index (χ1n) is 5.11. The van der Waals surface area contributed by atoms with Gasteiger partial charge in [-0.2, -0.15) is 0 Å². The molecule has 1 N–H and O–H groups in total. The molecule has 1 fully saturated rings. The molecule has 1 saturated carbocycles. The van der Waals surface area contributed by atoms with Gasteiger partial charge in [-0.1, -0.05) is 12.8 Å². The number of hydrogen-bond acceptors (Lipinski definition) is 1.